The van der Waals surface area contributed by atoms with E-state index in [0.29, 0.717) is 24.6 Å². The second kappa shape index (κ2) is 13.6. The molecular formula is C32H40N2O3. The number of nitrogens with zero attached hydrogens (tertiary/aromatic N) is 1. The van der Waals surface area contributed by atoms with Crippen LogP contribution in [0.3, 0.4) is 0 Å². The summed E-state index contributed by atoms with van der Waals surface area (Å²) in [7, 11) is 0. The molecule has 1 N–H and O–H groups in total. The van der Waals surface area contributed by atoms with E-state index in [0.717, 1.165) is 23.1 Å². The van der Waals surface area contributed by atoms with E-state index in [2.05, 4.69) is 19.2 Å². The van der Waals surface area contributed by atoms with Gasteiger partial charge in [0.2, 0.25) is 5.91 Å². The van der Waals surface area contributed by atoms with Crippen LogP contribution < -0.4 is 10.1 Å². The first-order chi connectivity index (χ1) is 17.8. The summed E-state index contributed by atoms with van der Waals surface area (Å²) < 4.78 is 5.90. The summed E-state index contributed by atoms with van der Waals surface area (Å²) in [4.78, 5) is 28.9. The molecule has 0 aliphatic carbocycles. The Morgan fingerprint density at radius 2 is 1.51 bits per heavy atom. The van der Waals surface area contributed by atoms with Crippen molar-refractivity contribution in [1.29, 1.82) is 0 Å². The highest BCUT2D eigenvalue weighted by Gasteiger charge is 2.31. The molecule has 0 bridgehead atoms. The summed E-state index contributed by atoms with van der Waals surface area (Å²) in [5.41, 5.74) is 4.32. The van der Waals surface area contributed by atoms with Gasteiger partial charge in [0, 0.05) is 19.0 Å². The maximum absolute atomic E-state index is 13.7. The predicted molar refractivity (Wildman–Crippen MR) is 150 cm³/mol. The second-order valence-electron chi connectivity index (χ2n) is 10.0. The molecular weight excluding hydrogens is 460 g/mol. The minimum atomic E-state index is -0.669. The molecule has 0 aliphatic rings. The van der Waals surface area contributed by atoms with E-state index in [1.165, 1.54) is 5.56 Å². The van der Waals surface area contributed by atoms with Gasteiger partial charge in [-0.25, -0.2) is 0 Å². The van der Waals surface area contributed by atoms with Crippen LogP contribution in [0.1, 0.15) is 62.3 Å². The first-order valence-corrected chi connectivity index (χ1v) is 13.2. The Labute approximate surface area is 221 Å². The molecule has 37 heavy (non-hydrogen) atoms. The highest BCUT2D eigenvalue weighted by molar-refractivity contribution is 5.88. The molecule has 0 saturated carbocycles. The SMILES string of the molecule is CC[C@H](C)NC(=O)[C@H](Cc1ccccc1)N(Cc1ccc(C)cc1)C(=O)COc1ccc(C(C)C)cc1. The topological polar surface area (TPSA) is 58.6 Å². The summed E-state index contributed by atoms with van der Waals surface area (Å²) in [6.45, 7) is 10.5. The lowest BCUT2D eigenvalue weighted by atomic mass is 10.0. The number of nitrogens with one attached hydrogen (secondary N) is 1. The van der Waals surface area contributed by atoms with Gasteiger partial charge in [-0.15, -0.1) is 0 Å². The van der Waals surface area contributed by atoms with Crippen molar-refractivity contribution in [1.82, 2.24) is 10.2 Å². The number of hydrogen-bond donors (Lipinski definition) is 1. The van der Waals surface area contributed by atoms with Crippen LogP contribution in [0.25, 0.3) is 0 Å². The third-order valence-corrected chi connectivity index (χ3v) is 6.65. The lowest BCUT2D eigenvalue weighted by Gasteiger charge is -2.32. The van der Waals surface area contributed by atoms with Gasteiger partial charge in [-0.3, -0.25) is 9.59 Å². The molecule has 3 aromatic carbocycles. The Bertz CT molecular complexity index is 1120. The van der Waals surface area contributed by atoms with Crippen molar-refractivity contribution in [2.75, 3.05) is 6.61 Å². The zero-order chi connectivity index (χ0) is 26.8. The van der Waals surface area contributed by atoms with Crippen molar-refractivity contribution in [2.24, 2.45) is 0 Å². The minimum absolute atomic E-state index is 0.0119. The van der Waals surface area contributed by atoms with Crippen molar-refractivity contribution < 1.29 is 14.3 Å². The highest BCUT2D eigenvalue weighted by atomic mass is 16.5. The summed E-state index contributed by atoms with van der Waals surface area (Å²) >= 11 is 0. The summed E-state index contributed by atoms with van der Waals surface area (Å²) in [5, 5.41) is 3.10. The molecule has 3 aromatic rings. The van der Waals surface area contributed by atoms with E-state index in [9.17, 15) is 9.59 Å². The average molecular weight is 501 g/mol. The van der Waals surface area contributed by atoms with Crippen LogP contribution >= 0.6 is 0 Å². The summed E-state index contributed by atoms with van der Waals surface area (Å²) in [6, 6.07) is 25.1. The van der Waals surface area contributed by atoms with Crippen molar-refractivity contribution in [3.8, 4) is 5.75 Å². The van der Waals surface area contributed by atoms with Crippen LogP contribution in [-0.4, -0.2) is 35.4 Å². The van der Waals surface area contributed by atoms with E-state index >= 15 is 0 Å². The van der Waals surface area contributed by atoms with Crippen LogP contribution in [0.4, 0.5) is 0 Å². The van der Waals surface area contributed by atoms with Crippen molar-refractivity contribution in [3.63, 3.8) is 0 Å². The van der Waals surface area contributed by atoms with E-state index in [1.54, 1.807) is 4.90 Å². The Morgan fingerprint density at radius 3 is 2.11 bits per heavy atom. The number of rotatable bonds is 12. The van der Waals surface area contributed by atoms with Crippen LogP contribution in [0.5, 0.6) is 5.75 Å². The molecule has 5 heteroatoms. The zero-order valence-corrected chi connectivity index (χ0v) is 22.7. The molecule has 0 heterocycles. The molecule has 5 nitrogen and oxygen atoms in total. The van der Waals surface area contributed by atoms with Gasteiger partial charge in [0.05, 0.1) is 0 Å². The highest BCUT2D eigenvalue weighted by Crippen LogP contribution is 2.20. The van der Waals surface area contributed by atoms with E-state index < -0.39 is 6.04 Å². The molecule has 196 valence electrons. The summed E-state index contributed by atoms with van der Waals surface area (Å²) in [6.07, 6.45) is 1.23. The molecule has 0 spiro atoms. The largest absolute Gasteiger partial charge is 0.484 e. The van der Waals surface area contributed by atoms with Gasteiger partial charge in [-0.05, 0) is 55.0 Å². The smallest absolute Gasteiger partial charge is 0.261 e. The van der Waals surface area contributed by atoms with Gasteiger partial charge in [-0.2, -0.15) is 0 Å². The second-order valence-corrected chi connectivity index (χ2v) is 10.0. The van der Waals surface area contributed by atoms with Crippen LogP contribution in [0, 0.1) is 6.92 Å². The van der Waals surface area contributed by atoms with Crippen molar-refractivity contribution in [2.45, 2.75) is 72.0 Å². The molecule has 2 amide bonds. The Kier molecular flexibility index (Phi) is 10.3. The summed E-state index contributed by atoms with van der Waals surface area (Å²) in [5.74, 6) is 0.675. The van der Waals surface area contributed by atoms with Crippen LogP contribution in [0.15, 0.2) is 78.9 Å². The number of carbonyl (C=O) groups excluding carboxylic acids is 2. The van der Waals surface area contributed by atoms with Crippen molar-refractivity contribution in [3.05, 3.63) is 101 Å². The van der Waals surface area contributed by atoms with E-state index in [4.69, 9.17) is 4.74 Å². The number of amides is 2. The van der Waals surface area contributed by atoms with Crippen molar-refractivity contribution >= 4 is 11.8 Å². The molecule has 0 aliphatic heterocycles. The number of benzene rings is 3. The molecule has 0 unspecified atom stereocenters. The molecule has 0 fully saturated rings. The fourth-order valence-electron chi connectivity index (χ4n) is 4.06. The molecule has 2 atom stereocenters. The zero-order valence-electron chi connectivity index (χ0n) is 22.7. The number of carbonyl (C=O) groups is 2. The first kappa shape index (κ1) is 28.0. The molecule has 0 radical (unpaired) electrons. The molecule has 3 rings (SSSR count). The van der Waals surface area contributed by atoms with Gasteiger partial charge >= 0.3 is 0 Å². The molecule has 0 saturated heterocycles. The van der Waals surface area contributed by atoms with Gasteiger partial charge < -0.3 is 15.0 Å². The fourth-order valence-corrected chi connectivity index (χ4v) is 4.06. The van der Waals surface area contributed by atoms with Gasteiger partial charge in [0.15, 0.2) is 6.61 Å². The third kappa shape index (κ3) is 8.49. The van der Waals surface area contributed by atoms with E-state index in [-0.39, 0.29) is 24.5 Å². The van der Waals surface area contributed by atoms with Gasteiger partial charge in [0.25, 0.3) is 5.91 Å². The third-order valence-electron chi connectivity index (χ3n) is 6.65. The number of aryl methyl sites for hydroxylation is 1. The van der Waals surface area contributed by atoms with Gasteiger partial charge in [-0.1, -0.05) is 93.1 Å². The van der Waals surface area contributed by atoms with Crippen LogP contribution in [-0.2, 0) is 22.6 Å². The lowest BCUT2D eigenvalue weighted by Crippen LogP contribution is -2.53. The average Bonchev–Trinajstić information content (AvgIpc) is 2.91. The predicted octanol–water partition coefficient (Wildman–Crippen LogP) is 6.05. The fraction of sp³-hybridized carbons (Fsp3) is 0.375. The lowest BCUT2D eigenvalue weighted by molar-refractivity contribution is -0.143. The van der Waals surface area contributed by atoms with Crippen LogP contribution in [0.2, 0.25) is 0 Å². The standard InChI is InChI=1S/C32H40N2O3/c1-6-25(5)33-32(36)30(20-26-10-8-7-9-11-26)34(21-27-14-12-24(4)13-15-27)31(35)22-37-29-18-16-28(17-19-29)23(2)3/h7-19,23,25,30H,6,20-22H2,1-5H3,(H,33,36)/t25-,30-/m0/s1. The van der Waals surface area contributed by atoms with E-state index in [1.807, 2.05) is 99.6 Å². The number of hydrogen-bond acceptors (Lipinski definition) is 3. The first-order valence-electron chi connectivity index (χ1n) is 13.2. The van der Waals surface area contributed by atoms with Gasteiger partial charge in [0.1, 0.15) is 11.8 Å². The normalized spacial score (nSPS) is 12.6. The Hall–Kier alpha value is -3.60. The Balaban J connectivity index is 1.88. The maximum Gasteiger partial charge on any atom is 0.261 e. The Morgan fingerprint density at radius 1 is 0.865 bits per heavy atom. The quantitative estimate of drug-likeness (QED) is 0.329. The number of ether oxygens (including phenoxy) is 1. The monoisotopic (exact) mass is 500 g/mol. The molecule has 0 aromatic heterocycles. The maximum atomic E-state index is 13.7. The minimum Gasteiger partial charge on any atom is -0.484 e.